The van der Waals surface area contributed by atoms with E-state index in [1.165, 1.54) is 19.2 Å². The molecule has 2 N–H and O–H groups in total. The van der Waals surface area contributed by atoms with Crippen LogP contribution >= 0.6 is 0 Å². The molecule has 0 saturated heterocycles. The van der Waals surface area contributed by atoms with Crippen molar-refractivity contribution in [2.24, 2.45) is 0 Å². The molecule has 0 aliphatic rings. The zero-order chi connectivity index (χ0) is 13.7. The number of hydrogen-bond donors (Lipinski definition) is 2. The third kappa shape index (κ3) is 3.17. The van der Waals surface area contributed by atoms with Crippen LogP contribution in [0.4, 0.5) is 10.2 Å². The fourth-order valence-electron chi connectivity index (χ4n) is 1.63. The molecule has 0 fully saturated rings. The lowest BCUT2D eigenvalue weighted by atomic mass is 10.1. The summed E-state index contributed by atoms with van der Waals surface area (Å²) in [6.07, 6.45) is 0. The number of aliphatic hydroxyl groups is 1. The monoisotopic (exact) mass is 263 g/mol. The van der Waals surface area contributed by atoms with E-state index in [0.717, 1.165) is 0 Å². The van der Waals surface area contributed by atoms with Crippen molar-refractivity contribution in [3.8, 4) is 17.0 Å². The summed E-state index contributed by atoms with van der Waals surface area (Å²) in [7, 11) is 1.52. The fourth-order valence-corrected chi connectivity index (χ4v) is 1.63. The highest BCUT2D eigenvalue weighted by Crippen LogP contribution is 2.29. The Hall–Kier alpha value is -2.21. The van der Waals surface area contributed by atoms with Crippen LogP contribution in [0.3, 0.4) is 0 Å². The summed E-state index contributed by atoms with van der Waals surface area (Å²) in [5, 5.41) is 19.5. The Bertz CT molecular complexity index is 546. The van der Waals surface area contributed by atoms with Crippen LogP contribution in [0.2, 0.25) is 0 Å². The molecule has 0 atom stereocenters. The molecule has 1 aromatic heterocycles. The van der Waals surface area contributed by atoms with Crippen molar-refractivity contribution >= 4 is 5.82 Å². The Morgan fingerprint density at radius 1 is 1.26 bits per heavy atom. The van der Waals surface area contributed by atoms with Gasteiger partial charge in [-0.1, -0.05) is 0 Å². The van der Waals surface area contributed by atoms with Gasteiger partial charge in [-0.05, 0) is 30.3 Å². The maximum atomic E-state index is 13.3. The van der Waals surface area contributed by atoms with E-state index in [0.29, 0.717) is 29.4 Å². The van der Waals surface area contributed by atoms with Crippen LogP contribution in [0, 0.1) is 5.82 Å². The van der Waals surface area contributed by atoms with Crippen molar-refractivity contribution in [3.63, 3.8) is 0 Å². The Balaban J connectivity index is 2.29. The number of aliphatic hydroxyl groups excluding tert-OH is 1. The second-order valence-corrected chi connectivity index (χ2v) is 3.80. The largest absolute Gasteiger partial charge is 0.496 e. The Kier molecular flexibility index (Phi) is 4.25. The number of hydrogen-bond acceptors (Lipinski definition) is 5. The van der Waals surface area contributed by atoms with Gasteiger partial charge in [-0.15, -0.1) is 10.2 Å². The molecule has 0 amide bonds. The van der Waals surface area contributed by atoms with Crippen molar-refractivity contribution < 1.29 is 14.2 Å². The van der Waals surface area contributed by atoms with Gasteiger partial charge < -0.3 is 15.2 Å². The van der Waals surface area contributed by atoms with E-state index in [9.17, 15) is 4.39 Å². The van der Waals surface area contributed by atoms with Gasteiger partial charge in [0.05, 0.1) is 19.4 Å². The maximum absolute atomic E-state index is 13.3. The van der Waals surface area contributed by atoms with Crippen molar-refractivity contribution in [2.75, 3.05) is 25.6 Å². The summed E-state index contributed by atoms with van der Waals surface area (Å²) in [5.74, 6) is 0.722. The minimum Gasteiger partial charge on any atom is -0.496 e. The highest BCUT2D eigenvalue weighted by atomic mass is 19.1. The molecule has 2 rings (SSSR count). The number of ether oxygens (including phenoxy) is 1. The molecule has 2 aromatic rings. The number of rotatable bonds is 5. The van der Waals surface area contributed by atoms with Gasteiger partial charge in [-0.2, -0.15) is 0 Å². The lowest BCUT2D eigenvalue weighted by Crippen LogP contribution is -2.07. The molecule has 0 spiro atoms. The number of nitrogens with zero attached hydrogens (tertiary/aromatic N) is 2. The zero-order valence-corrected chi connectivity index (χ0v) is 10.4. The topological polar surface area (TPSA) is 67.3 Å². The highest BCUT2D eigenvalue weighted by Gasteiger charge is 2.09. The van der Waals surface area contributed by atoms with Gasteiger partial charge in [0.2, 0.25) is 0 Å². The molecule has 19 heavy (non-hydrogen) atoms. The van der Waals surface area contributed by atoms with Crippen LogP contribution in [-0.2, 0) is 0 Å². The number of halogens is 1. The molecule has 1 aromatic carbocycles. The smallest absolute Gasteiger partial charge is 0.148 e. The first-order chi connectivity index (χ1) is 9.24. The number of nitrogens with one attached hydrogen (secondary N) is 1. The minimum absolute atomic E-state index is 0.0150. The van der Waals surface area contributed by atoms with Crippen LogP contribution in [0.5, 0.6) is 5.75 Å². The van der Waals surface area contributed by atoms with E-state index in [1.807, 2.05) is 0 Å². The number of anilines is 1. The maximum Gasteiger partial charge on any atom is 0.148 e. The molecule has 0 aliphatic carbocycles. The molecular formula is C13H14FN3O2. The van der Waals surface area contributed by atoms with Crippen LogP contribution < -0.4 is 10.1 Å². The molecule has 0 bridgehead atoms. The van der Waals surface area contributed by atoms with Crippen molar-refractivity contribution in [2.45, 2.75) is 0 Å². The van der Waals surface area contributed by atoms with Crippen molar-refractivity contribution in [1.29, 1.82) is 0 Å². The van der Waals surface area contributed by atoms with Crippen LogP contribution in [-0.4, -0.2) is 35.6 Å². The number of benzene rings is 1. The lowest BCUT2D eigenvalue weighted by molar-refractivity contribution is 0.311. The Labute approximate surface area is 110 Å². The molecule has 0 unspecified atom stereocenters. The van der Waals surface area contributed by atoms with E-state index >= 15 is 0 Å². The van der Waals surface area contributed by atoms with E-state index in [2.05, 4.69) is 15.5 Å². The van der Waals surface area contributed by atoms with Crippen LogP contribution in [0.15, 0.2) is 30.3 Å². The third-order valence-electron chi connectivity index (χ3n) is 2.52. The first-order valence-electron chi connectivity index (χ1n) is 5.77. The predicted molar refractivity (Wildman–Crippen MR) is 69.6 cm³/mol. The van der Waals surface area contributed by atoms with Gasteiger partial charge in [0.1, 0.15) is 17.4 Å². The van der Waals surface area contributed by atoms with Gasteiger partial charge in [0.25, 0.3) is 0 Å². The van der Waals surface area contributed by atoms with E-state index < -0.39 is 0 Å². The summed E-state index contributed by atoms with van der Waals surface area (Å²) in [4.78, 5) is 0. The molecule has 0 saturated carbocycles. The highest BCUT2D eigenvalue weighted by molar-refractivity contribution is 5.67. The fraction of sp³-hybridized carbons (Fsp3) is 0.231. The predicted octanol–water partition coefficient (Wildman–Crippen LogP) is 1.70. The Morgan fingerprint density at radius 2 is 2.11 bits per heavy atom. The SMILES string of the molecule is COc1ccc(F)cc1-c1ccc(NCCO)nn1. The summed E-state index contributed by atoms with van der Waals surface area (Å²) in [5.41, 5.74) is 1.06. The lowest BCUT2D eigenvalue weighted by Gasteiger charge is -2.08. The van der Waals surface area contributed by atoms with Crippen molar-refractivity contribution in [3.05, 3.63) is 36.1 Å². The first kappa shape index (κ1) is 13.2. The summed E-state index contributed by atoms with van der Waals surface area (Å²) >= 11 is 0. The number of aromatic nitrogens is 2. The molecular weight excluding hydrogens is 249 g/mol. The van der Waals surface area contributed by atoms with Crippen LogP contribution in [0.1, 0.15) is 0 Å². The average Bonchev–Trinajstić information content (AvgIpc) is 2.45. The van der Waals surface area contributed by atoms with E-state index in [4.69, 9.17) is 9.84 Å². The van der Waals surface area contributed by atoms with Gasteiger partial charge in [-0.25, -0.2) is 4.39 Å². The number of methoxy groups -OCH3 is 1. The van der Waals surface area contributed by atoms with E-state index in [1.54, 1.807) is 18.2 Å². The molecule has 1 heterocycles. The average molecular weight is 263 g/mol. The van der Waals surface area contributed by atoms with Gasteiger partial charge in [0.15, 0.2) is 0 Å². The second kappa shape index (κ2) is 6.10. The summed E-state index contributed by atoms with van der Waals surface area (Å²) in [6.45, 7) is 0.415. The molecule has 5 nitrogen and oxygen atoms in total. The summed E-state index contributed by atoms with van der Waals surface area (Å²) in [6, 6.07) is 7.65. The minimum atomic E-state index is -0.361. The standard InChI is InChI=1S/C13H14FN3O2/c1-19-12-4-2-9(14)8-10(12)11-3-5-13(17-16-11)15-6-7-18/h2-5,8,18H,6-7H2,1H3,(H,15,17). The normalized spacial score (nSPS) is 10.3. The van der Waals surface area contributed by atoms with Gasteiger partial charge in [-0.3, -0.25) is 0 Å². The molecule has 6 heteroatoms. The zero-order valence-electron chi connectivity index (χ0n) is 10.4. The van der Waals surface area contributed by atoms with E-state index in [-0.39, 0.29) is 12.4 Å². The Morgan fingerprint density at radius 3 is 2.74 bits per heavy atom. The molecule has 0 radical (unpaired) electrons. The first-order valence-corrected chi connectivity index (χ1v) is 5.77. The van der Waals surface area contributed by atoms with Gasteiger partial charge >= 0.3 is 0 Å². The quantitative estimate of drug-likeness (QED) is 0.859. The van der Waals surface area contributed by atoms with Gasteiger partial charge in [0, 0.05) is 12.1 Å². The third-order valence-corrected chi connectivity index (χ3v) is 2.52. The van der Waals surface area contributed by atoms with Crippen molar-refractivity contribution in [1.82, 2.24) is 10.2 Å². The summed E-state index contributed by atoms with van der Waals surface area (Å²) < 4.78 is 18.4. The second-order valence-electron chi connectivity index (χ2n) is 3.80. The molecule has 100 valence electrons. The van der Waals surface area contributed by atoms with Crippen LogP contribution in [0.25, 0.3) is 11.3 Å². The molecule has 0 aliphatic heterocycles.